The van der Waals surface area contributed by atoms with E-state index < -0.39 is 12.1 Å². The summed E-state index contributed by atoms with van der Waals surface area (Å²) in [6.07, 6.45) is 0.169. The van der Waals surface area contributed by atoms with Gasteiger partial charge in [-0.1, -0.05) is 54.5 Å². The van der Waals surface area contributed by atoms with Crippen LogP contribution in [-0.4, -0.2) is 42.8 Å². The number of hydrogen-bond donors (Lipinski definition) is 3. The molecule has 1 fully saturated rings. The van der Waals surface area contributed by atoms with Crippen LogP contribution in [0.5, 0.6) is 0 Å². The van der Waals surface area contributed by atoms with Crippen molar-refractivity contribution < 1.29 is 24.2 Å². The van der Waals surface area contributed by atoms with Gasteiger partial charge in [-0.05, 0) is 34.6 Å². The lowest BCUT2D eigenvalue weighted by Gasteiger charge is -2.14. The summed E-state index contributed by atoms with van der Waals surface area (Å²) in [5.74, 6) is 2.74. The number of nitrogens with one attached hydrogen (secondary N) is 2. The van der Waals surface area contributed by atoms with Gasteiger partial charge < -0.3 is 20.5 Å². The van der Waals surface area contributed by atoms with Gasteiger partial charge in [-0.25, -0.2) is 9.59 Å². The molecule has 2 aliphatic rings. The van der Waals surface area contributed by atoms with E-state index in [2.05, 4.69) is 40.8 Å². The quantitative estimate of drug-likeness (QED) is 0.625. The minimum absolute atomic E-state index is 0.00418. The molecule has 0 radical (unpaired) electrons. The average Bonchev–Trinajstić information content (AvgIpc) is 3.49. The van der Waals surface area contributed by atoms with Crippen molar-refractivity contribution in [2.45, 2.75) is 12.3 Å². The van der Waals surface area contributed by atoms with Crippen LogP contribution in [0.4, 0.5) is 4.79 Å². The second-order valence-electron chi connectivity index (χ2n) is 7.63. The molecule has 0 bridgehead atoms. The Labute approximate surface area is 179 Å². The summed E-state index contributed by atoms with van der Waals surface area (Å²) in [4.78, 5) is 34.5. The number of alkyl carbamates (subject to hydrolysis) is 1. The number of benzene rings is 2. The smallest absolute Gasteiger partial charge is 0.407 e. The zero-order valence-electron chi connectivity index (χ0n) is 16.8. The Morgan fingerprint density at radius 3 is 2.29 bits per heavy atom. The Morgan fingerprint density at radius 1 is 1.00 bits per heavy atom. The van der Waals surface area contributed by atoms with Gasteiger partial charge in [0.2, 0.25) is 5.91 Å². The van der Waals surface area contributed by atoms with Gasteiger partial charge in [0, 0.05) is 24.3 Å². The largest absolute Gasteiger partial charge is 0.472 e. The Hall–Kier alpha value is -3.79. The van der Waals surface area contributed by atoms with Crippen LogP contribution in [0.2, 0.25) is 0 Å². The zero-order chi connectivity index (χ0) is 21.8. The molecule has 3 N–H and O–H groups in total. The molecule has 31 heavy (non-hydrogen) atoms. The Bertz CT molecular complexity index is 1040. The van der Waals surface area contributed by atoms with E-state index in [4.69, 9.17) is 9.84 Å². The standard InChI is InChI=1S/C24H22N2O5/c27-22(28)10-5-11-25-23(29)20-12-15(20)13-26-24(30)31-14-21-18-8-3-1-6-16(18)17-7-2-4-9-19(17)21/h1-4,6-9,15,20-21H,11-14H2,(H,25,29)(H,26,30)(H,27,28)/t15-,20-/m0/s1. The highest BCUT2D eigenvalue weighted by atomic mass is 16.5. The molecule has 0 saturated heterocycles. The molecule has 2 amide bonds. The lowest BCUT2D eigenvalue weighted by Crippen LogP contribution is -2.30. The molecule has 2 aromatic rings. The van der Waals surface area contributed by atoms with Crippen LogP contribution < -0.4 is 10.6 Å². The first-order valence-electron chi connectivity index (χ1n) is 10.1. The molecule has 0 aliphatic heterocycles. The summed E-state index contributed by atoms with van der Waals surface area (Å²) < 4.78 is 5.49. The lowest BCUT2D eigenvalue weighted by atomic mass is 9.98. The van der Waals surface area contributed by atoms with Crippen molar-refractivity contribution in [1.29, 1.82) is 0 Å². The number of carboxylic acid groups (broad SMARTS) is 1. The maximum absolute atomic E-state index is 12.2. The molecule has 7 nitrogen and oxygen atoms in total. The fourth-order valence-electron chi connectivity index (χ4n) is 4.04. The second kappa shape index (κ2) is 8.92. The number of fused-ring (bicyclic) bond motifs is 3. The third-order valence-corrected chi connectivity index (χ3v) is 5.66. The summed E-state index contributed by atoms with van der Waals surface area (Å²) in [5.41, 5.74) is 4.65. The Morgan fingerprint density at radius 2 is 1.65 bits per heavy atom. The molecule has 4 rings (SSSR count). The van der Waals surface area contributed by atoms with Gasteiger partial charge in [-0.15, -0.1) is 0 Å². The monoisotopic (exact) mass is 418 g/mol. The van der Waals surface area contributed by atoms with Crippen molar-refractivity contribution in [3.05, 3.63) is 59.7 Å². The van der Waals surface area contributed by atoms with Crippen LogP contribution in [0.3, 0.4) is 0 Å². The highest BCUT2D eigenvalue weighted by Crippen LogP contribution is 2.44. The van der Waals surface area contributed by atoms with Crippen LogP contribution >= 0.6 is 0 Å². The minimum Gasteiger partial charge on any atom is -0.472 e. The molecule has 2 aliphatic carbocycles. The van der Waals surface area contributed by atoms with Crippen molar-refractivity contribution in [3.8, 4) is 23.0 Å². The van der Waals surface area contributed by atoms with E-state index >= 15 is 0 Å². The fraction of sp³-hybridized carbons (Fsp3) is 0.292. The highest BCUT2D eigenvalue weighted by Gasteiger charge is 2.42. The molecule has 0 aromatic heterocycles. The van der Waals surface area contributed by atoms with E-state index in [-0.39, 0.29) is 36.8 Å². The predicted octanol–water partition coefficient (Wildman–Crippen LogP) is 2.37. The van der Waals surface area contributed by atoms with Crippen molar-refractivity contribution >= 4 is 18.0 Å². The number of ether oxygens (including phenoxy) is 1. The maximum Gasteiger partial charge on any atom is 0.407 e. The van der Waals surface area contributed by atoms with E-state index in [0.717, 1.165) is 11.1 Å². The van der Waals surface area contributed by atoms with Gasteiger partial charge in [0.05, 0.1) is 6.54 Å². The summed E-state index contributed by atoms with van der Waals surface area (Å²) in [6, 6.07) is 16.3. The second-order valence-corrected chi connectivity index (χ2v) is 7.63. The van der Waals surface area contributed by atoms with Crippen LogP contribution in [-0.2, 0) is 14.3 Å². The first kappa shape index (κ1) is 20.5. The first-order chi connectivity index (χ1) is 15.0. The summed E-state index contributed by atoms with van der Waals surface area (Å²) in [5, 5.41) is 13.8. The predicted molar refractivity (Wildman–Crippen MR) is 113 cm³/mol. The van der Waals surface area contributed by atoms with E-state index in [0.29, 0.717) is 13.0 Å². The van der Waals surface area contributed by atoms with Crippen molar-refractivity contribution in [3.63, 3.8) is 0 Å². The van der Waals surface area contributed by atoms with E-state index in [1.807, 2.05) is 30.2 Å². The third-order valence-electron chi connectivity index (χ3n) is 5.66. The van der Waals surface area contributed by atoms with Crippen LogP contribution in [0, 0.1) is 23.7 Å². The summed E-state index contributed by atoms with van der Waals surface area (Å²) in [7, 11) is 0. The number of carbonyl (C=O) groups is 3. The molecule has 2 atom stereocenters. The van der Waals surface area contributed by atoms with Gasteiger partial charge in [-0.3, -0.25) is 4.79 Å². The molecule has 0 heterocycles. The number of hydrogen-bond acceptors (Lipinski definition) is 4. The normalized spacial score (nSPS) is 18.1. The van der Waals surface area contributed by atoms with Crippen LogP contribution in [0.25, 0.3) is 11.1 Å². The lowest BCUT2D eigenvalue weighted by molar-refractivity contribution is -0.130. The summed E-state index contributed by atoms with van der Waals surface area (Å²) >= 11 is 0. The molecule has 2 aromatic carbocycles. The number of aliphatic carboxylic acids is 1. The van der Waals surface area contributed by atoms with Gasteiger partial charge in [0.15, 0.2) is 0 Å². The first-order valence-corrected chi connectivity index (χ1v) is 10.1. The summed E-state index contributed by atoms with van der Waals surface area (Å²) in [6.45, 7) is 0.598. The minimum atomic E-state index is -1.23. The number of amides is 2. The van der Waals surface area contributed by atoms with Gasteiger partial charge >= 0.3 is 12.1 Å². The molecular formula is C24H22N2O5. The molecule has 158 valence electrons. The van der Waals surface area contributed by atoms with Crippen LogP contribution in [0.15, 0.2) is 48.5 Å². The number of carbonyl (C=O) groups excluding carboxylic acids is 2. The third kappa shape index (κ3) is 4.69. The van der Waals surface area contributed by atoms with Crippen molar-refractivity contribution in [2.24, 2.45) is 11.8 Å². The Kier molecular flexibility index (Phi) is 5.89. The molecule has 1 saturated carbocycles. The molecule has 0 unspecified atom stereocenters. The highest BCUT2D eigenvalue weighted by molar-refractivity contribution is 5.87. The molecular weight excluding hydrogens is 396 g/mol. The molecule has 0 spiro atoms. The van der Waals surface area contributed by atoms with E-state index in [9.17, 15) is 14.4 Å². The number of carboxylic acids is 1. The van der Waals surface area contributed by atoms with Crippen molar-refractivity contribution in [1.82, 2.24) is 10.6 Å². The average molecular weight is 418 g/mol. The fourth-order valence-corrected chi connectivity index (χ4v) is 4.04. The van der Waals surface area contributed by atoms with Gasteiger partial charge in [0.1, 0.15) is 6.61 Å². The molecule has 7 heteroatoms. The van der Waals surface area contributed by atoms with E-state index in [1.54, 1.807) is 0 Å². The number of rotatable bonds is 6. The van der Waals surface area contributed by atoms with Gasteiger partial charge in [0.25, 0.3) is 0 Å². The van der Waals surface area contributed by atoms with Crippen molar-refractivity contribution in [2.75, 3.05) is 19.7 Å². The van der Waals surface area contributed by atoms with Crippen LogP contribution in [0.1, 0.15) is 23.5 Å². The van der Waals surface area contributed by atoms with Gasteiger partial charge in [-0.2, -0.15) is 0 Å². The zero-order valence-corrected chi connectivity index (χ0v) is 16.8. The van der Waals surface area contributed by atoms with E-state index in [1.165, 1.54) is 11.1 Å². The maximum atomic E-state index is 12.2. The Balaban J connectivity index is 1.23. The SMILES string of the molecule is O=C(O)C#CCNC(=O)[C@H]1C[C@H]1CNC(=O)OCC1c2ccccc2-c2ccccc21. The topological polar surface area (TPSA) is 105 Å².